The van der Waals surface area contributed by atoms with Crippen molar-refractivity contribution >= 4 is 51.7 Å². The van der Waals surface area contributed by atoms with E-state index >= 15 is 0 Å². The summed E-state index contributed by atoms with van der Waals surface area (Å²) < 4.78 is 0. The molecule has 3 heterocycles. The number of hydrazone groups is 1. The average Bonchev–Trinajstić information content (AvgIpc) is 3.34. The summed E-state index contributed by atoms with van der Waals surface area (Å²) in [6, 6.07) is 16.5. The van der Waals surface area contributed by atoms with Crippen LogP contribution < -0.4 is 5.01 Å². The van der Waals surface area contributed by atoms with Gasteiger partial charge >= 0.3 is 0 Å². The number of nitrogens with zero attached hydrogens (tertiary/aromatic N) is 2. The van der Waals surface area contributed by atoms with Crippen LogP contribution in [0.2, 0.25) is 5.02 Å². The zero-order chi connectivity index (χ0) is 16.4. The van der Waals surface area contributed by atoms with Crippen LogP contribution in [0.25, 0.3) is 6.08 Å². The van der Waals surface area contributed by atoms with Crippen LogP contribution in [0.3, 0.4) is 0 Å². The Morgan fingerprint density at radius 1 is 1.00 bits per heavy atom. The first-order valence-electron chi connectivity index (χ1n) is 7.67. The molecule has 1 atom stereocenters. The van der Waals surface area contributed by atoms with Gasteiger partial charge in [-0.25, -0.2) is 0 Å². The van der Waals surface area contributed by atoms with E-state index in [-0.39, 0.29) is 6.04 Å². The van der Waals surface area contributed by atoms with Crippen LogP contribution in [0.5, 0.6) is 0 Å². The first-order chi connectivity index (χ1) is 11.8. The molecule has 0 saturated carbocycles. The van der Waals surface area contributed by atoms with Crippen molar-refractivity contribution in [1.29, 1.82) is 0 Å². The zero-order valence-electron chi connectivity index (χ0n) is 12.8. The number of halogens is 1. The lowest BCUT2D eigenvalue weighted by atomic mass is 10.1. The second kappa shape index (κ2) is 6.93. The molecule has 0 unspecified atom stereocenters. The maximum atomic E-state index is 6.41. The largest absolute Gasteiger partial charge is 0.255 e. The van der Waals surface area contributed by atoms with E-state index in [0.717, 1.165) is 22.8 Å². The van der Waals surface area contributed by atoms with Gasteiger partial charge in [0.2, 0.25) is 0 Å². The summed E-state index contributed by atoms with van der Waals surface area (Å²) in [5, 5.41) is 11.8. The van der Waals surface area contributed by atoms with Crippen LogP contribution >= 0.6 is 34.3 Å². The Kier molecular flexibility index (Phi) is 4.52. The summed E-state index contributed by atoms with van der Waals surface area (Å²) in [5.74, 6) is 0. The summed E-state index contributed by atoms with van der Waals surface area (Å²) in [6.07, 6.45) is 5.13. The molecule has 1 aliphatic rings. The predicted octanol–water partition coefficient (Wildman–Crippen LogP) is 6.48. The SMILES string of the molecule is Clc1ccccc1N1N=C(/C=C/c2cccs2)C[C@H]1c1cccs1. The standard InChI is InChI=1S/C19H15ClN2S2/c20-16-6-1-2-7-17(16)22-18(19-8-4-12-24-19)13-14(21-22)9-10-15-5-3-11-23-15/h1-12,18H,13H2/b10-9+/t18-/m0/s1. The maximum absolute atomic E-state index is 6.41. The monoisotopic (exact) mass is 370 g/mol. The second-order valence-electron chi connectivity index (χ2n) is 5.47. The number of allylic oxidation sites excluding steroid dienone is 1. The fraction of sp³-hybridized carbons (Fsp3) is 0.105. The van der Waals surface area contributed by atoms with Gasteiger partial charge in [-0.05, 0) is 47.2 Å². The highest BCUT2D eigenvalue weighted by molar-refractivity contribution is 7.10. The Hall–Kier alpha value is -1.88. The highest BCUT2D eigenvalue weighted by Gasteiger charge is 2.29. The minimum absolute atomic E-state index is 0.202. The van der Waals surface area contributed by atoms with Crippen molar-refractivity contribution in [1.82, 2.24) is 0 Å². The van der Waals surface area contributed by atoms with Crippen molar-refractivity contribution in [2.75, 3.05) is 5.01 Å². The third-order valence-electron chi connectivity index (χ3n) is 3.89. The molecule has 1 aliphatic heterocycles. The maximum Gasteiger partial charge on any atom is 0.0924 e. The van der Waals surface area contributed by atoms with Crippen molar-refractivity contribution in [3.63, 3.8) is 0 Å². The van der Waals surface area contributed by atoms with E-state index in [1.54, 1.807) is 22.7 Å². The molecule has 1 aromatic carbocycles. The second-order valence-corrected chi connectivity index (χ2v) is 7.84. The van der Waals surface area contributed by atoms with E-state index in [4.69, 9.17) is 16.7 Å². The fourth-order valence-corrected chi connectivity index (χ4v) is 4.41. The van der Waals surface area contributed by atoms with Crippen LogP contribution in [0, 0.1) is 0 Å². The van der Waals surface area contributed by atoms with Gasteiger partial charge in [-0.15, -0.1) is 22.7 Å². The summed E-state index contributed by atoms with van der Waals surface area (Å²) in [5.41, 5.74) is 2.03. The minimum Gasteiger partial charge on any atom is -0.255 e. The van der Waals surface area contributed by atoms with Gasteiger partial charge < -0.3 is 0 Å². The van der Waals surface area contributed by atoms with E-state index in [1.807, 2.05) is 24.3 Å². The lowest BCUT2D eigenvalue weighted by Crippen LogP contribution is -2.17. The van der Waals surface area contributed by atoms with Crippen LogP contribution in [0.1, 0.15) is 22.2 Å². The molecule has 0 radical (unpaired) electrons. The average molecular weight is 371 g/mol. The molecule has 0 saturated heterocycles. The number of hydrogen-bond donors (Lipinski definition) is 0. The summed E-state index contributed by atoms with van der Waals surface area (Å²) in [6.45, 7) is 0. The number of thiophene rings is 2. The van der Waals surface area contributed by atoms with Gasteiger partial charge in [0.25, 0.3) is 0 Å². The molecule has 120 valence electrons. The number of hydrogen-bond acceptors (Lipinski definition) is 4. The Morgan fingerprint density at radius 3 is 2.58 bits per heavy atom. The smallest absolute Gasteiger partial charge is 0.0924 e. The molecule has 0 aliphatic carbocycles. The molecule has 24 heavy (non-hydrogen) atoms. The first kappa shape index (κ1) is 15.6. The van der Waals surface area contributed by atoms with Crippen molar-refractivity contribution < 1.29 is 0 Å². The van der Waals surface area contributed by atoms with E-state index in [9.17, 15) is 0 Å². The van der Waals surface area contributed by atoms with Crippen LogP contribution in [-0.2, 0) is 0 Å². The van der Waals surface area contributed by atoms with Crippen LogP contribution in [0.15, 0.2) is 70.5 Å². The van der Waals surface area contributed by atoms with E-state index < -0.39 is 0 Å². The van der Waals surface area contributed by atoms with Gasteiger partial charge in [-0.1, -0.05) is 35.9 Å². The molecule has 2 aromatic heterocycles. The molecule has 2 nitrogen and oxygen atoms in total. The summed E-state index contributed by atoms with van der Waals surface area (Å²) in [4.78, 5) is 2.54. The molecule has 0 amide bonds. The van der Waals surface area contributed by atoms with Crippen molar-refractivity contribution in [3.05, 3.63) is 80.1 Å². The van der Waals surface area contributed by atoms with Crippen LogP contribution in [0.4, 0.5) is 5.69 Å². The predicted molar refractivity (Wildman–Crippen MR) is 106 cm³/mol. The molecule has 0 N–H and O–H groups in total. The third-order valence-corrected chi connectivity index (χ3v) is 6.02. The van der Waals surface area contributed by atoms with E-state index in [1.165, 1.54) is 9.75 Å². The van der Waals surface area contributed by atoms with Crippen molar-refractivity contribution in [2.24, 2.45) is 5.10 Å². The molecule has 0 spiro atoms. The number of benzene rings is 1. The quantitative estimate of drug-likeness (QED) is 0.512. The van der Waals surface area contributed by atoms with Gasteiger partial charge in [0.05, 0.1) is 22.5 Å². The normalized spacial score (nSPS) is 17.6. The van der Waals surface area contributed by atoms with Gasteiger partial charge in [0.15, 0.2) is 0 Å². The van der Waals surface area contributed by atoms with Gasteiger partial charge in [-0.3, -0.25) is 5.01 Å². The summed E-state index contributed by atoms with van der Waals surface area (Å²) >= 11 is 9.91. The molecule has 3 aromatic rings. The highest BCUT2D eigenvalue weighted by atomic mass is 35.5. The molecular weight excluding hydrogens is 356 g/mol. The molecule has 5 heteroatoms. The number of rotatable bonds is 4. The lowest BCUT2D eigenvalue weighted by Gasteiger charge is -2.23. The Bertz CT molecular complexity index is 867. The number of para-hydroxylation sites is 1. The summed E-state index contributed by atoms with van der Waals surface area (Å²) in [7, 11) is 0. The van der Waals surface area contributed by atoms with Crippen molar-refractivity contribution in [2.45, 2.75) is 12.5 Å². The van der Waals surface area contributed by atoms with E-state index in [2.05, 4.69) is 52.2 Å². The zero-order valence-corrected chi connectivity index (χ0v) is 15.2. The molecular formula is C19H15ClN2S2. The van der Waals surface area contributed by atoms with Crippen LogP contribution in [-0.4, -0.2) is 5.71 Å². The first-order valence-corrected chi connectivity index (χ1v) is 9.81. The Balaban J connectivity index is 1.68. The van der Waals surface area contributed by atoms with Gasteiger partial charge in [-0.2, -0.15) is 5.10 Å². The minimum atomic E-state index is 0.202. The third kappa shape index (κ3) is 3.18. The van der Waals surface area contributed by atoms with E-state index in [0.29, 0.717) is 0 Å². The number of anilines is 1. The van der Waals surface area contributed by atoms with Gasteiger partial charge in [0, 0.05) is 16.2 Å². The molecule has 0 fully saturated rings. The Labute approximate surface area is 154 Å². The highest BCUT2D eigenvalue weighted by Crippen LogP contribution is 2.40. The Morgan fingerprint density at radius 2 is 1.83 bits per heavy atom. The lowest BCUT2D eigenvalue weighted by molar-refractivity contribution is 0.722. The van der Waals surface area contributed by atoms with Gasteiger partial charge in [0.1, 0.15) is 0 Å². The topological polar surface area (TPSA) is 15.6 Å². The molecule has 4 rings (SSSR count). The fourth-order valence-electron chi connectivity index (χ4n) is 2.76. The van der Waals surface area contributed by atoms with Crippen molar-refractivity contribution in [3.8, 4) is 0 Å². The molecule has 0 bridgehead atoms.